The molecule has 10 heteroatoms. The molecule has 0 saturated carbocycles. The molecule has 0 unspecified atom stereocenters. The normalized spacial score (nSPS) is 12.0. The molecule has 2 amide bonds. The van der Waals surface area contributed by atoms with Gasteiger partial charge in [-0.25, -0.2) is 12.8 Å². The maximum atomic E-state index is 14.8. The molecule has 3 aromatic carbocycles. The topological polar surface area (TPSA) is 86.8 Å². The highest BCUT2D eigenvalue weighted by atomic mass is 35.5. The van der Waals surface area contributed by atoms with Gasteiger partial charge in [0.15, 0.2) is 0 Å². The van der Waals surface area contributed by atoms with Crippen molar-refractivity contribution in [3.8, 4) is 0 Å². The number of rotatable bonds is 13. The van der Waals surface area contributed by atoms with Gasteiger partial charge in [-0.15, -0.1) is 0 Å². The van der Waals surface area contributed by atoms with Gasteiger partial charge in [-0.05, 0) is 42.7 Å². The number of anilines is 1. The fourth-order valence-electron chi connectivity index (χ4n) is 4.33. The van der Waals surface area contributed by atoms with Crippen LogP contribution in [0.4, 0.5) is 10.1 Å². The Morgan fingerprint density at radius 3 is 2.33 bits per heavy atom. The zero-order chi connectivity index (χ0) is 29.3. The molecule has 214 valence electrons. The summed E-state index contributed by atoms with van der Waals surface area (Å²) in [6.45, 7) is 3.26. The number of sulfonamides is 1. The van der Waals surface area contributed by atoms with Gasteiger partial charge in [-0.3, -0.25) is 13.9 Å². The molecule has 0 fully saturated rings. The van der Waals surface area contributed by atoms with Crippen LogP contribution in [0.25, 0.3) is 0 Å². The third-order valence-corrected chi connectivity index (χ3v) is 8.12. The van der Waals surface area contributed by atoms with Crippen LogP contribution in [0.15, 0.2) is 72.8 Å². The number of carbonyl (C=O) groups excluding carboxylic acids is 2. The Morgan fingerprint density at radius 2 is 1.68 bits per heavy atom. The first kappa shape index (κ1) is 31.1. The Labute approximate surface area is 241 Å². The molecule has 0 spiro atoms. The first-order valence-electron chi connectivity index (χ1n) is 13.1. The van der Waals surface area contributed by atoms with Crippen LogP contribution in [-0.2, 0) is 32.6 Å². The number of hydrogen-bond donors (Lipinski definition) is 1. The average molecular weight is 588 g/mol. The Balaban J connectivity index is 2.07. The van der Waals surface area contributed by atoms with Crippen LogP contribution in [0.5, 0.6) is 0 Å². The summed E-state index contributed by atoms with van der Waals surface area (Å²) in [4.78, 5) is 28.9. The second-order valence-electron chi connectivity index (χ2n) is 9.62. The molecule has 0 aliphatic heterocycles. The molecule has 1 N–H and O–H groups in total. The highest BCUT2D eigenvalue weighted by Gasteiger charge is 2.33. The summed E-state index contributed by atoms with van der Waals surface area (Å²) in [5.74, 6) is -1.58. The van der Waals surface area contributed by atoms with Gasteiger partial charge in [0.25, 0.3) is 0 Å². The van der Waals surface area contributed by atoms with Crippen molar-refractivity contribution in [2.75, 3.05) is 23.7 Å². The van der Waals surface area contributed by atoms with Crippen molar-refractivity contribution in [1.29, 1.82) is 0 Å². The second kappa shape index (κ2) is 14.3. The van der Waals surface area contributed by atoms with Crippen molar-refractivity contribution in [1.82, 2.24) is 10.2 Å². The Kier molecular flexibility index (Phi) is 11.1. The van der Waals surface area contributed by atoms with E-state index in [0.717, 1.165) is 29.0 Å². The summed E-state index contributed by atoms with van der Waals surface area (Å²) in [7, 11) is -3.94. The smallest absolute Gasteiger partial charge is 0.244 e. The van der Waals surface area contributed by atoms with Crippen molar-refractivity contribution >= 4 is 39.1 Å². The molecule has 0 bridgehead atoms. The lowest BCUT2D eigenvalue weighted by molar-refractivity contribution is -0.140. The van der Waals surface area contributed by atoms with Gasteiger partial charge >= 0.3 is 0 Å². The maximum absolute atomic E-state index is 14.8. The largest absolute Gasteiger partial charge is 0.354 e. The zero-order valence-electron chi connectivity index (χ0n) is 22.9. The minimum Gasteiger partial charge on any atom is -0.354 e. The lowest BCUT2D eigenvalue weighted by Crippen LogP contribution is -2.53. The van der Waals surface area contributed by atoms with E-state index in [1.165, 1.54) is 17.0 Å². The number of benzene rings is 3. The summed E-state index contributed by atoms with van der Waals surface area (Å²) in [5, 5.41) is 3.24. The molecule has 7 nitrogen and oxygen atoms in total. The van der Waals surface area contributed by atoms with Gasteiger partial charge in [0.1, 0.15) is 18.4 Å². The van der Waals surface area contributed by atoms with E-state index in [9.17, 15) is 22.4 Å². The molecule has 0 aliphatic rings. The monoisotopic (exact) mass is 587 g/mol. The van der Waals surface area contributed by atoms with E-state index in [-0.39, 0.29) is 24.2 Å². The van der Waals surface area contributed by atoms with Crippen LogP contribution in [0.2, 0.25) is 5.02 Å². The van der Waals surface area contributed by atoms with E-state index in [2.05, 4.69) is 5.32 Å². The van der Waals surface area contributed by atoms with Crippen LogP contribution in [0.1, 0.15) is 36.5 Å². The number of carbonyl (C=O) groups is 2. The van der Waals surface area contributed by atoms with Gasteiger partial charge < -0.3 is 10.2 Å². The number of nitrogens with one attached hydrogen (secondary N) is 1. The van der Waals surface area contributed by atoms with Gasteiger partial charge in [0.05, 0.1) is 11.9 Å². The molecule has 0 saturated heterocycles. The van der Waals surface area contributed by atoms with Crippen molar-refractivity contribution < 1.29 is 22.4 Å². The van der Waals surface area contributed by atoms with Gasteiger partial charge in [-0.2, -0.15) is 0 Å². The second-order valence-corrected chi connectivity index (χ2v) is 11.9. The summed E-state index contributed by atoms with van der Waals surface area (Å²) >= 11 is 6.26. The molecule has 3 aromatic rings. The highest BCUT2D eigenvalue weighted by Crippen LogP contribution is 2.28. The Hall–Kier alpha value is -3.43. The van der Waals surface area contributed by atoms with E-state index in [0.29, 0.717) is 17.1 Å². The fraction of sp³-hybridized carbons (Fsp3) is 0.333. The molecule has 0 heterocycles. The fourth-order valence-corrected chi connectivity index (χ4v) is 5.40. The van der Waals surface area contributed by atoms with E-state index in [4.69, 9.17) is 11.6 Å². The van der Waals surface area contributed by atoms with Gasteiger partial charge in [-0.1, -0.05) is 79.5 Å². The van der Waals surface area contributed by atoms with Crippen LogP contribution in [-0.4, -0.2) is 50.5 Å². The Morgan fingerprint density at radius 1 is 1.00 bits per heavy atom. The molecule has 1 atom stereocenters. The van der Waals surface area contributed by atoms with E-state index < -0.39 is 40.2 Å². The number of amides is 2. The first-order valence-corrected chi connectivity index (χ1v) is 15.3. The predicted molar refractivity (Wildman–Crippen MR) is 157 cm³/mol. The molecule has 0 aliphatic carbocycles. The summed E-state index contributed by atoms with van der Waals surface area (Å²) < 4.78 is 41.6. The van der Waals surface area contributed by atoms with Crippen molar-refractivity contribution in [3.05, 3.63) is 100 Å². The summed E-state index contributed by atoms with van der Waals surface area (Å²) in [6, 6.07) is 19.0. The Bertz CT molecular complexity index is 1420. The van der Waals surface area contributed by atoms with E-state index in [1.807, 2.05) is 37.3 Å². The number of halogens is 2. The number of unbranched alkanes of at least 4 members (excludes halogenated alkanes) is 1. The van der Waals surface area contributed by atoms with Crippen LogP contribution < -0.4 is 9.62 Å². The quantitative estimate of drug-likeness (QED) is 0.282. The third-order valence-electron chi connectivity index (χ3n) is 6.59. The van der Waals surface area contributed by atoms with Crippen LogP contribution in [0, 0.1) is 12.7 Å². The lowest BCUT2D eigenvalue weighted by Gasteiger charge is -2.34. The molecular weight excluding hydrogens is 553 g/mol. The van der Waals surface area contributed by atoms with Crippen molar-refractivity contribution in [3.63, 3.8) is 0 Å². The molecule has 40 heavy (non-hydrogen) atoms. The average Bonchev–Trinajstić information content (AvgIpc) is 2.92. The highest BCUT2D eigenvalue weighted by molar-refractivity contribution is 7.92. The molecule has 3 rings (SSSR count). The minimum atomic E-state index is -3.94. The molecule has 0 radical (unpaired) electrons. The SMILES string of the molecule is CCCCNC(=O)[C@H](Cc1ccccc1)N(Cc1ccccc1F)C(=O)CN(c1cccc(Cl)c1C)S(C)(=O)=O. The first-order chi connectivity index (χ1) is 19.0. The van der Waals surface area contributed by atoms with E-state index in [1.54, 1.807) is 37.3 Å². The zero-order valence-corrected chi connectivity index (χ0v) is 24.5. The van der Waals surface area contributed by atoms with Gasteiger partial charge in [0, 0.05) is 30.1 Å². The standard InChI is InChI=1S/C30H35ClFN3O4S/c1-4-5-18-33-30(37)28(19-23-12-7-6-8-13-23)34(20-24-14-9-10-16-26(24)32)29(36)21-35(40(3,38)39)27-17-11-15-25(31)22(27)2/h6-17,28H,4-5,18-21H2,1-3H3,(H,33,37)/t28-/m0/s1. The summed E-state index contributed by atoms with van der Waals surface area (Å²) in [6.07, 6.45) is 2.78. The lowest BCUT2D eigenvalue weighted by atomic mass is 10.0. The molecule has 0 aromatic heterocycles. The van der Waals surface area contributed by atoms with Crippen molar-refractivity contribution in [2.24, 2.45) is 0 Å². The maximum Gasteiger partial charge on any atom is 0.244 e. The van der Waals surface area contributed by atoms with E-state index >= 15 is 0 Å². The predicted octanol–water partition coefficient (Wildman–Crippen LogP) is 5.11. The van der Waals surface area contributed by atoms with Crippen LogP contribution >= 0.6 is 11.6 Å². The molecular formula is C30H35ClFN3O4S. The van der Waals surface area contributed by atoms with Crippen LogP contribution in [0.3, 0.4) is 0 Å². The number of nitrogens with zero attached hydrogens (tertiary/aromatic N) is 2. The minimum absolute atomic E-state index is 0.161. The third kappa shape index (κ3) is 8.29. The number of hydrogen-bond acceptors (Lipinski definition) is 4. The van der Waals surface area contributed by atoms with Gasteiger partial charge in [0.2, 0.25) is 21.8 Å². The summed E-state index contributed by atoms with van der Waals surface area (Å²) in [5.41, 5.74) is 1.75. The van der Waals surface area contributed by atoms with Crippen molar-refractivity contribution in [2.45, 2.75) is 45.7 Å².